The second kappa shape index (κ2) is 11.9. The minimum absolute atomic E-state index is 0.597. The van der Waals surface area contributed by atoms with Crippen LogP contribution in [0.4, 0.5) is 17.1 Å². The fourth-order valence-electron chi connectivity index (χ4n) is 7.23. The van der Waals surface area contributed by atoms with Crippen LogP contribution in [-0.4, -0.2) is 4.98 Å². The largest absolute Gasteiger partial charge is 0.454 e. The zero-order chi connectivity index (χ0) is 33.7. The summed E-state index contributed by atoms with van der Waals surface area (Å²) in [5, 5.41) is 4.48. The zero-order valence-electron chi connectivity index (χ0n) is 27.5. The van der Waals surface area contributed by atoms with Gasteiger partial charge in [-0.2, -0.15) is 0 Å². The molecule has 0 fully saturated rings. The number of anilines is 3. The van der Waals surface area contributed by atoms with E-state index in [1.165, 1.54) is 21.9 Å². The summed E-state index contributed by atoms with van der Waals surface area (Å²) in [7, 11) is 0. The van der Waals surface area contributed by atoms with Crippen molar-refractivity contribution < 1.29 is 8.83 Å². The lowest BCUT2D eigenvalue weighted by Crippen LogP contribution is -2.10. The van der Waals surface area contributed by atoms with Crippen molar-refractivity contribution in [3.63, 3.8) is 0 Å². The van der Waals surface area contributed by atoms with Gasteiger partial charge in [0.2, 0.25) is 5.89 Å². The molecule has 0 atom stereocenters. The number of rotatable bonds is 6. The van der Waals surface area contributed by atoms with Crippen molar-refractivity contribution >= 4 is 60.9 Å². The van der Waals surface area contributed by atoms with E-state index in [1.807, 2.05) is 42.5 Å². The molecule has 4 nitrogen and oxygen atoms in total. The van der Waals surface area contributed by atoms with Gasteiger partial charge in [0.15, 0.2) is 11.2 Å². The van der Waals surface area contributed by atoms with Crippen molar-refractivity contribution in [2.45, 2.75) is 0 Å². The number of oxazole rings is 1. The van der Waals surface area contributed by atoms with E-state index in [1.54, 1.807) is 0 Å². The third-order valence-electron chi connectivity index (χ3n) is 9.69. The molecule has 240 valence electrons. The average molecular weight is 655 g/mol. The first kappa shape index (κ1) is 29.0. The van der Waals surface area contributed by atoms with E-state index in [2.05, 4.69) is 144 Å². The smallest absolute Gasteiger partial charge is 0.227 e. The summed E-state index contributed by atoms with van der Waals surface area (Å²) in [5.41, 5.74) is 11.7. The van der Waals surface area contributed by atoms with E-state index in [-0.39, 0.29) is 0 Å². The normalized spacial score (nSPS) is 11.5. The predicted molar refractivity (Wildman–Crippen MR) is 210 cm³/mol. The summed E-state index contributed by atoms with van der Waals surface area (Å²) in [5.74, 6) is 0.597. The Labute approximate surface area is 294 Å². The quantitative estimate of drug-likeness (QED) is 0.179. The van der Waals surface area contributed by atoms with E-state index in [4.69, 9.17) is 13.8 Å². The molecule has 0 amide bonds. The van der Waals surface area contributed by atoms with Gasteiger partial charge in [-0.1, -0.05) is 127 Å². The molecule has 0 radical (unpaired) electrons. The number of nitrogens with zero attached hydrogens (tertiary/aromatic N) is 2. The molecular formula is C47H30N2O2. The third kappa shape index (κ3) is 5.04. The Balaban J connectivity index is 1.14. The van der Waals surface area contributed by atoms with E-state index < -0.39 is 0 Å². The van der Waals surface area contributed by atoms with Crippen LogP contribution in [0.3, 0.4) is 0 Å². The number of furan rings is 1. The maximum atomic E-state index is 6.76. The lowest BCUT2D eigenvalue weighted by Gasteiger charge is -2.26. The molecule has 0 N–H and O–H groups in total. The van der Waals surface area contributed by atoms with E-state index >= 15 is 0 Å². The van der Waals surface area contributed by atoms with Crippen LogP contribution in [-0.2, 0) is 0 Å². The minimum atomic E-state index is 0.597. The van der Waals surface area contributed by atoms with Crippen LogP contribution >= 0.6 is 0 Å². The third-order valence-corrected chi connectivity index (χ3v) is 9.69. The van der Waals surface area contributed by atoms with Gasteiger partial charge in [-0.3, -0.25) is 0 Å². The number of hydrogen-bond donors (Lipinski definition) is 0. The molecular weight excluding hydrogens is 625 g/mol. The molecule has 4 heteroatoms. The second-order valence-electron chi connectivity index (χ2n) is 12.8. The van der Waals surface area contributed by atoms with Crippen LogP contribution in [0.5, 0.6) is 0 Å². The first-order valence-electron chi connectivity index (χ1n) is 17.1. The van der Waals surface area contributed by atoms with Gasteiger partial charge in [0.1, 0.15) is 11.1 Å². The first-order valence-corrected chi connectivity index (χ1v) is 17.1. The van der Waals surface area contributed by atoms with Crippen molar-refractivity contribution in [2.75, 3.05) is 4.90 Å². The van der Waals surface area contributed by atoms with Gasteiger partial charge in [0.25, 0.3) is 0 Å². The molecule has 2 aromatic heterocycles. The van der Waals surface area contributed by atoms with E-state index in [0.717, 1.165) is 61.2 Å². The Morgan fingerprint density at radius 1 is 0.412 bits per heavy atom. The molecule has 0 aliphatic heterocycles. The Bertz CT molecular complexity index is 2850. The topological polar surface area (TPSA) is 42.4 Å². The Morgan fingerprint density at radius 3 is 1.94 bits per heavy atom. The van der Waals surface area contributed by atoms with Crippen LogP contribution < -0.4 is 4.90 Å². The molecule has 2 heterocycles. The van der Waals surface area contributed by atoms with Gasteiger partial charge in [-0.05, 0) is 81.6 Å². The molecule has 51 heavy (non-hydrogen) atoms. The summed E-state index contributed by atoms with van der Waals surface area (Å²) >= 11 is 0. The molecule has 8 aromatic carbocycles. The maximum Gasteiger partial charge on any atom is 0.227 e. The molecule has 0 aliphatic carbocycles. The first-order chi connectivity index (χ1) is 25.3. The maximum absolute atomic E-state index is 6.76. The van der Waals surface area contributed by atoms with Gasteiger partial charge in [-0.25, -0.2) is 4.98 Å². The highest BCUT2D eigenvalue weighted by atomic mass is 16.4. The number of benzene rings is 8. The summed E-state index contributed by atoms with van der Waals surface area (Å²) in [4.78, 5) is 7.14. The molecule has 0 aliphatic rings. The van der Waals surface area contributed by atoms with Crippen LogP contribution in [0.25, 0.3) is 77.5 Å². The monoisotopic (exact) mass is 654 g/mol. The SMILES string of the molecule is c1ccc(-c2cccc(N(c3ccc(-c4cccc5ccccc45)cc3)c3cccc4c3oc3cc5oc(-c6ccccc6)nc5cc34)c2)cc1. The van der Waals surface area contributed by atoms with Crippen molar-refractivity contribution in [1.29, 1.82) is 0 Å². The van der Waals surface area contributed by atoms with Gasteiger partial charge in [-0.15, -0.1) is 0 Å². The number of para-hydroxylation sites is 1. The summed E-state index contributed by atoms with van der Waals surface area (Å²) in [6.07, 6.45) is 0. The average Bonchev–Trinajstić information content (AvgIpc) is 3.79. The standard InChI is InChI=1S/C47H30N2O2/c1-3-12-31(13-4-1)35-18-9-19-37(28-35)49(36-26-24-33(25-27-36)39-21-10-17-32-14-7-8-20-38(32)39)43-23-11-22-40-41-29-42-45(30-44(41)50-46(40)43)51-47(48-42)34-15-5-2-6-16-34/h1-30H. The zero-order valence-corrected chi connectivity index (χ0v) is 27.5. The molecule has 10 rings (SSSR count). The lowest BCUT2D eigenvalue weighted by molar-refractivity contribution is 0.617. The summed E-state index contributed by atoms with van der Waals surface area (Å²) in [6.45, 7) is 0. The fourth-order valence-corrected chi connectivity index (χ4v) is 7.23. The van der Waals surface area contributed by atoms with Gasteiger partial charge in [0, 0.05) is 33.8 Å². The fraction of sp³-hybridized carbons (Fsp3) is 0. The van der Waals surface area contributed by atoms with Crippen LogP contribution in [0.15, 0.2) is 191 Å². The van der Waals surface area contributed by atoms with Crippen molar-refractivity contribution in [1.82, 2.24) is 4.98 Å². The summed E-state index contributed by atoms with van der Waals surface area (Å²) in [6, 6.07) is 63.5. The van der Waals surface area contributed by atoms with Crippen molar-refractivity contribution in [3.05, 3.63) is 182 Å². The highest BCUT2D eigenvalue weighted by Crippen LogP contribution is 2.44. The molecule has 0 saturated carbocycles. The van der Waals surface area contributed by atoms with Gasteiger partial charge < -0.3 is 13.7 Å². The Morgan fingerprint density at radius 2 is 1.10 bits per heavy atom. The van der Waals surface area contributed by atoms with Crippen molar-refractivity contribution in [3.8, 4) is 33.7 Å². The highest BCUT2D eigenvalue weighted by Gasteiger charge is 2.21. The number of hydrogen-bond acceptors (Lipinski definition) is 4. The predicted octanol–water partition coefficient (Wildman–Crippen LogP) is 13.4. The number of fused-ring (bicyclic) bond motifs is 5. The lowest BCUT2D eigenvalue weighted by atomic mass is 9.98. The van der Waals surface area contributed by atoms with E-state index in [9.17, 15) is 0 Å². The van der Waals surface area contributed by atoms with Crippen LogP contribution in [0.2, 0.25) is 0 Å². The molecule has 0 bridgehead atoms. The molecule has 0 spiro atoms. The van der Waals surface area contributed by atoms with Gasteiger partial charge in [0.05, 0.1) is 5.69 Å². The number of aromatic nitrogens is 1. The molecule has 10 aromatic rings. The Kier molecular flexibility index (Phi) is 6.78. The Hall–Kier alpha value is -6.91. The second-order valence-corrected chi connectivity index (χ2v) is 12.8. The molecule has 0 unspecified atom stereocenters. The minimum Gasteiger partial charge on any atom is -0.454 e. The summed E-state index contributed by atoms with van der Waals surface area (Å²) < 4.78 is 13.0. The highest BCUT2D eigenvalue weighted by molar-refractivity contribution is 6.13. The van der Waals surface area contributed by atoms with Crippen LogP contribution in [0, 0.1) is 0 Å². The van der Waals surface area contributed by atoms with Crippen LogP contribution in [0.1, 0.15) is 0 Å². The van der Waals surface area contributed by atoms with E-state index in [0.29, 0.717) is 11.5 Å². The van der Waals surface area contributed by atoms with Gasteiger partial charge >= 0.3 is 0 Å². The van der Waals surface area contributed by atoms with Crippen molar-refractivity contribution in [2.24, 2.45) is 0 Å². The molecule has 0 saturated heterocycles.